The molecule has 1 aromatic heterocycles. The molecule has 92 valence electrons. The minimum atomic E-state index is 0.238. The summed E-state index contributed by atoms with van der Waals surface area (Å²) >= 11 is 9.29. The maximum Gasteiger partial charge on any atom is 0.229 e. The van der Waals surface area contributed by atoms with Crippen LogP contribution in [0, 0.1) is 0 Å². The number of aromatic nitrogens is 3. The molecule has 3 rings (SSSR count). The molecule has 0 spiro atoms. The van der Waals surface area contributed by atoms with Crippen LogP contribution >= 0.6 is 27.5 Å². The number of fused-ring (bicyclic) bond motifs is 1. The van der Waals surface area contributed by atoms with Gasteiger partial charge in [0.2, 0.25) is 11.2 Å². The average molecular weight is 326 g/mol. The van der Waals surface area contributed by atoms with Gasteiger partial charge < -0.3 is 4.90 Å². The van der Waals surface area contributed by atoms with E-state index in [0.29, 0.717) is 5.95 Å². The van der Waals surface area contributed by atoms with E-state index in [-0.39, 0.29) is 5.28 Å². The highest BCUT2D eigenvalue weighted by molar-refractivity contribution is 9.10. The summed E-state index contributed by atoms with van der Waals surface area (Å²) in [6, 6.07) is 6.37. The summed E-state index contributed by atoms with van der Waals surface area (Å²) in [5, 5.41) is 0.238. The van der Waals surface area contributed by atoms with Gasteiger partial charge in [-0.05, 0) is 41.3 Å². The van der Waals surface area contributed by atoms with Gasteiger partial charge in [0.05, 0.1) is 0 Å². The first-order valence-electron chi connectivity index (χ1n) is 5.59. The van der Waals surface area contributed by atoms with Crippen LogP contribution in [0.25, 0.3) is 0 Å². The Bertz CT molecular complexity index is 590. The molecule has 0 atom stereocenters. The molecular formula is C12H10BrClN4. The maximum absolute atomic E-state index is 5.79. The first kappa shape index (κ1) is 11.9. The van der Waals surface area contributed by atoms with Gasteiger partial charge in [-0.15, -0.1) is 0 Å². The lowest BCUT2D eigenvalue weighted by molar-refractivity contribution is 0.703. The number of benzene rings is 1. The molecule has 2 aromatic rings. The van der Waals surface area contributed by atoms with Crippen molar-refractivity contribution in [3.8, 4) is 0 Å². The molecule has 1 aromatic carbocycles. The number of anilines is 1. The average Bonchev–Trinajstić information content (AvgIpc) is 2.38. The van der Waals surface area contributed by atoms with Crippen LogP contribution in [0.4, 0.5) is 5.95 Å². The second-order valence-corrected chi connectivity index (χ2v) is 5.39. The molecule has 0 saturated carbocycles. The molecule has 0 radical (unpaired) electrons. The smallest absolute Gasteiger partial charge is 0.229 e. The fraction of sp³-hybridized carbons (Fsp3) is 0.250. The second kappa shape index (κ2) is 4.82. The van der Waals surface area contributed by atoms with E-state index < -0.39 is 0 Å². The summed E-state index contributed by atoms with van der Waals surface area (Å²) in [6.07, 6.45) is 2.43. The summed E-state index contributed by atoms with van der Waals surface area (Å²) < 4.78 is 1.12. The summed E-state index contributed by atoms with van der Waals surface area (Å²) in [5.74, 6) is 0.642. The van der Waals surface area contributed by atoms with Crippen molar-refractivity contribution in [1.82, 2.24) is 15.0 Å². The van der Waals surface area contributed by atoms with Crippen LogP contribution < -0.4 is 4.90 Å². The molecule has 0 unspecified atom stereocenters. The van der Waals surface area contributed by atoms with Gasteiger partial charge in [0, 0.05) is 17.6 Å². The lowest BCUT2D eigenvalue weighted by Crippen LogP contribution is -2.31. The fourth-order valence-electron chi connectivity index (χ4n) is 2.11. The van der Waals surface area contributed by atoms with Gasteiger partial charge in [-0.3, -0.25) is 0 Å². The molecule has 1 aliphatic heterocycles. The van der Waals surface area contributed by atoms with E-state index in [1.165, 1.54) is 17.5 Å². The summed E-state index contributed by atoms with van der Waals surface area (Å²) in [7, 11) is 0. The predicted molar refractivity (Wildman–Crippen MR) is 73.7 cm³/mol. The van der Waals surface area contributed by atoms with Crippen molar-refractivity contribution in [1.29, 1.82) is 0 Å². The lowest BCUT2D eigenvalue weighted by atomic mass is 10.0. The maximum atomic E-state index is 5.79. The van der Waals surface area contributed by atoms with E-state index in [1.807, 2.05) is 0 Å². The molecule has 0 fully saturated rings. The number of halogens is 2. The third kappa shape index (κ3) is 2.33. The van der Waals surface area contributed by atoms with E-state index in [2.05, 4.69) is 54.0 Å². The SMILES string of the molecule is Clc1ncnc(N2CCc3cc(Br)ccc3C2)n1. The van der Waals surface area contributed by atoms with Gasteiger partial charge in [0.15, 0.2) is 0 Å². The predicted octanol–water partition coefficient (Wildman–Crippen LogP) is 2.85. The topological polar surface area (TPSA) is 41.9 Å². The third-order valence-corrected chi connectivity index (χ3v) is 3.67. The van der Waals surface area contributed by atoms with Crippen LogP contribution in [0.2, 0.25) is 5.28 Å². The van der Waals surface area contributed by atoms with Crippen molar-refractivity contribution in [2.45, 2.75) is 13.0 Å². The number of rotatable bonds is 1. The number of nitrogens with zero attached hydrogens (tertiary/aromatic N) is 4. The lowest BCUT2D eigenvalue weighted by Gasteiger charge is -2.28. The summed E-state index contributed by atoms with van der Waals surface area (Å²) in [4.78, 5) is 14.2. The zero-order chi connectivity index (χ0) is 12.5. The minimum Gasteiger partial charge on any atom is -0.336 e. The minimum absolute atomic E-state index is 0.238. The van der Waals surface area contributed by atoms with Gasteiger partial charge in [0.1, 0.15) is 6.33 Å². The molecule has 0 bridgehead atoms. The van der Waals surface area contributed by atoms with E-state index in [1.54, 1.807) is 0 Å². The molecule has 2 heterocycles. The molecule has 0 saturated heterocycles. The quantitative estimate of drug-likeness (QED) is 0.808. The van der Waals surface area contributed by atoms with Crippen molar-refractivity contribution < 1.29 is 0 Å². The summed E-state index contributed by atoms with van der Waals surface area (Å²) in [6.45, 7) is 1.70. The van der Waals surface area contributed by atoms with E-state index in [4.69, 9.17) is 11.6 Å². The second-order valence-electron chi connectivity index (χ2n) is 4.14. The van der Waals surface area contributed by atoms with Crippen molar-refractivity contribution in [2.75, 3.05) is 11.4 Å². The number of hydrogen-bond donors (Lipinski definition) is 0. The standard InChI is InChI=1S/C12H10BrClN4/c13-10-2-1-9-6-18(4-3-8(9)5-10)12-16-7-15-11(14)17-12/h1-2,5,7H,3-4,6H2. The molecule has 0 N–H and O–H groups in total. The van der Waals surface area contributed by atoms with Crippen LogP contribution in [0.15, 0.2) is 29.0 Å². The van der Waals surface area contributed by atoms with Gasteiger partial charge in [-0.1, -0.05) is 22.0 Å². The number of hydrogen-bond acceptors (Lipinski definition) is 4. The molecular weight excluding hydrogens is 316 g/mol. The van der Waals surface area contributed by atoms with E-state index in [9.17, 15) is 0 Å². The molecule has 18 heavy (non-hydrogen) atoms. The Labute approximate surface area is 118 Å². The normalized spacial score (nSPS) is 14.4. The molecule has 1 aliphatic rings. The Hall–Kier alpha value is -1.20. The van der Waals surface area contributed by atoms with Gasteiger partial charge in [-0.2, -0.15) is 4.98 Å². The van der Waals surface area contributed by atoms with Crippen molar-refractivity contribution in [2.24, 2.45) is 0 Å². The Kier molecular flexibility index (Phi) is 3.18. The molecule has 4 nitrogen and oxygen atoms in total. The molecule has 0 amide bonds. The van der Waals surface area contributed by atoms with Crippen LogP contribution in [0.1, 0.15) is 11.1 Å². The highest BCUT2D eigenvalue weighted by atomic mass is 79.9. The first-order chi connectivity index (χ1) is 8.72. The van der Waals surface area contributed by atoms with Crippen LogP contribution in [-0.2, 0) is 13.0 Å². The van der Waals surface area contributed by atoms with Crippen molar-refractivity contribution in [3.63, 3.8) is 0 Å². The van der Waals surface area contributed by atoms with Crippen molar-refractivity contribution in [3.05, 3.63) is 45.4 Å². The Balaban J connectivity index is 1.89. The molecule has 6 heteroatoms. The van der Waals surface area contributed by atoms with Crippen LogP contribution in [0.3, 0.4) is 0 Å². The first-order valence-corrected chi connectivity index (χ1v) is 6.76. The Morgan fingerprint density at radius 1 is 1.22 bits per heavy atom. The molecule has 0 aliphatic carbocycles. The van der Waals surface area contributed by atoms with Gasteiger partial charge in [-0.25, -0.2) is 9.97 Å². The van der Waals surface area contributed by atoms with Gasteiger partial charge >= 0.3 is 0 Å². The van der Waals surface area contributed by atoms with Crippen LogP contribution in [0.5, 0.6) is 0 Å². The van der Waals surface area contributed by atoms with Gasteiger partial charge in [0.25, 0.3) is 0 Å². The van der Waals surface area contributed by atoms with Crippen molar-refractivity contribution >= 4 is 33.5 Å². The Morgan fingerprint density at radius 2 is 2.11 bits per heavy atom. The monoisotopic (exact) mass is 324 g/mol. The van der Waals surface area contributed by atoms with E-state index >= 15 is 0 Å². The highest BCUT2D eigenvalue weighted by Crippen LogP contribution is 2.24. The largest absolute Gasteiger partial charge is 0.336 e. The zero-order valence-corrected chi connectivity index (χ0v) is 11.8. The Morgan fingerprint density at radius 3 is 2.94 bits per heavy atom. The zero-order valence-electron chi connectivity index (χ0n) is 9.48. The third-order valence-electron chi connectivity index (χ3n) is 2.99. The van der Waals surface area contributed by atoms with E-state index in [0.717, 1.165) is 24.0 Å². The van der Waals surface area contributed by atoms with Crippen LogP contribution in [-0.4, -0.2) is 21.5 Å². The highest BCUT2D eigenvalue weighted by Gasteiger charge is 2.18. The summed E-state index contributed by atoms with van der Waals surface area (Å²) in [5.41, 5.74) is 2.68. The fourth-order valence-corrected chi connectivity index (χ4v) is 2.64.